The minimum atomic E-state index is 0.475. The first-order valence-electron chi connectivity index (χ1n) is 9.45. The lowest BCUT2D eigenvalue weighted by molar-refractivity contribution is 0.671. The van der Waals surface area contributed by atoms with Crippen molar-refractivity contribution in [2.75, 3.05) is 5.32 Å². The molecule has 0 fully saturated rings. The Hall–Kier alpha value is -2.66. The lowest BCUT2D eigenvalue weighted by atomic mass is 10.00. The fourth-order valence-electron chi connectivity index (χ4n) is 3.38. The molecular formula is C22H24N4S. The van der Waals surface area contributed by atoms with Crippen LogP contribution >= 0.6 is 11.3 Å². The van der Waals surface area contributed by atoms with E-state index < -0.39 is 0 Å². The molecule has 5 heteroatoms. The summed E-state index contributed by atoms with van der Waals surface area (Å²) in [5, 5.41) is 4.53. The van der Waals surface area contributed by atoms with Gasteiger partial charge in [-0.05, 0) is 37.0 Å². The number of benzene rings is 1. The van der Waals surface area contributed by atoms with Crippen molar-refractivity contribution in [3.05, 3.63) is 60.7 Å². The second kappa shape index (κ2) is 7.53. The lowest BCUT2D eigenvalue weighted by Gasteiger charge is -2.13. The van der Waals surface area contributed by atoms with E-state index in [-0.39, 0.29) is 0 Å². The van der Waals surface area contributed by atoms with Crippen LogP contribution in [0.4, 0.5) is 5.13 Å². The number of hydrogen-bond donors (Lipinski definition) is 1. The number of fused-ring (bicyclic) bond motifs is 1. The first kappa shape index (κ1) is 17.7. The standard InChI is InChI=1S/C22H24N4S/c1-4-17(5-2)25-22-24-13-20(27-22)16-12-19(18-9-7-6-8-15(18)3)21-23-10-11-26(21)14-16/h6-14,17H,4-5H2,1-3H3,(H,24,25). The van der Waals surface area contributed by atoms with E-state index in [9.17, 15) is 0 Å². The Balaban J connectivity index is 1.78. The Kier molecular flexibility index (Phi) is 4.94. The van der Waals surface area contributed by atoms with E-state index in [4.69, 9.17) is 0 Å². The molecule has 0 bridgehead atoms. The molecule has 4 nitrogen and oxygen atoms in total. The fraction of sp³-hybridized carbons (Fsp3) is 0.273. The predicted octanol–water partition coefficient (Wildman–Crippen LogP) is 6.03. The Morgan fingerprint density at radius 1 is 1.11 bits per heavy atom. The highest BCUT2D eigenvalue weighted by Crippen LogP contribution is 2.35. The average molecular weight is 377 g/mol. The summed E-state index contributed by atoms with van der Waals surface area (Å²) in [5.74, 6) is 0. The van der Waals surface area contributed by atoms with Crippen LogP contribution in [0.2, 0.25) is 0 Å². The van der Waals surface area contributed by atoms with Gasteiger partial charge in [0.2, 0.25) is 0 Å². The zero-order valence-corrected chi connectivity index (χ0v) is 16.8. The molecule has 0 saturated heterocycles. The molecule has 1 N–H and O–H groups in total. The molecule has 0 atom stereocenters. The fourth-order valence-corrected chi connectivity index (χ4v) is 4.26. The van der Waals surface area contributed by atoms with Crippen LogP contribution in [0, 0.1) is 6.92 Å². The van der Waals surface area contributed by atoms with Crippen molar-refractivity contribution < 1.29 is 0 Å². The summed E-state index contributed by atoms with van der Waals surface area (Å²) in [7, 11) is 0. The van der Waals surface area contributed by atoms with Crippen LogP contribution in [-0.2, 0) is 0 Å². The maximum atomic E-state index is 4.60. The van der Waals surface area contributed by atoms with Gasteiger partial charge < -0.3 is 9.72 Å². The number of imidazole rings is 1. The number of aromatic nitrogens is 3. The molecule has 3 heterocycles. The van der Waals surface area contributed by atoms with E-state index >= 15 is 0 Å². The van der Waals surface area contributed by atoms with Crippen molar-refractivity contribution in [2.24, 2.45) is 0 Å². The molecule has 0 aliphatic carbocycles. The predicted molar refractivity (Wildman–Crippen MR) is 114 cm³/mol. The molecule has 27 heavy (non-hydrogen) atoms. The molecule has 0 unspecified atom stereocenters. The third-order valence-electron chi connectivity index (χ3n) is 5.03. The quantitative estimate of drug-likeness (QED) is 0.446. The van der Waals surface area contributed by atoms with E-state index in [1.165, 1.54) is 11.1 Å². The topological polar surface area (TPSA) is 42.2 Å². The number of rotatable bonds is 6. The van der Waals surface area contributed by atoms with E-state index in [1.54, 1.807) is 11.3 Å². The van der Waals surface area contributed by atoms with Gasteiger partial charge in [0, 0.05) is 42.0 Å². The van der Waals surface area contributed by atoms with Crippen LogP contribution in [0.1, 0.15) is 32.3 Å². The monoisotopic (exact) mass is 376 g/mol. The summed E-state index contributed by atoms with van der Waals surface area (Å²) in [6.07, 6.45) is 10.2. The molecule has 0 amide bonds. The molecule has 1 aromatic carbocycles. The summed E-state index contributed by atoms with van der Waals surface area (Å²) >= 11 is 1.71. The third kappa shape index (κ3) is 3.47. The molecule has 0 radical (unpaired) electrons. The van der Waals surface area contributed by atoms with Crippen molar-refractivity contribution in [1.82, 2.24) is 14.4 Å². The highest BCUT2D eigenvalue weighted by Gasteiger charge is 2.13. The zero-order valence-electron chi connectivity index (χ0n) is 15.9. The zero-order chi connectivity index (χ0) is 18.8. The number of anilines is 1. The van der Waals surface area contributed by atoms with Gasteiger partial charge in [-0.1, -0.05) is 49.4 Å². The van der Waals surface area contributed by atoms with Gasteiger partial charge in [-0.15, -0.1) is 0 Å². The van der Waals surface area contributed by atoms with E-state index in [0.717, 1.165) is 39.6 Å². The number of pyridine rings is 1. The first-order valence-corrected chi connectivity index (χ1v) is 10.3. The molecule has 0 spiro atoms. The summed E-state index contributed by atoms with van der Waals surface area (Å²) in [6.45, 7) is 6.56. The highest BCUT2D eigenvalue weighted by atomic mass is 32.1. The van der Waals surface area contributed by atoms with Crippen LogP contribution in [-0.4, -0.2) is 20.4 Å². The number of aryl methyl sites for hydroxylation is 1. The van der Waals surface area contributed by atoms with Crippen LogP contribution in [0.25, 0.3) is 27.2 Å². The Morgan fingerprint density at radius 3 is 2.70 bits per heavy atom. The molecule has 0 aliphatic heterocycles. The minimum absolute atomic E-state index is 0.475. The normalized spacial score (nSPS) is 11.4. The van der Waals surface area contributed by atoms with Gasteiger partial charge >= 0.3 is 0 Å². The summed E-state index contributed by atoms with van der Waals surface area (Å²) in [6, 6.07) is 11.2. The van der Waals surface area contributed by atoms with Crippen molar-refractivity contribution in [2.45, 2.75) is 39.7 Å². The Bertz CT molecular complexity index is 1060. The van der Waals surface area contributed by atoms with E-state index in [2.05, 4.69) is 77.0 Å². The maximum absolute atomic E-state index is 4.60. The molecular weight excluding hydrogens is 352 g/mol. The Labute approximate surface area is 163 Å². The van der Waals surface area contributed by atoms with E-state index in [0.29, 0.717) is 6.04 Å². The molecule has 0 aliphatic rings. The number of nitrogens with one attached hydrogen (secondary N) is 1. The summed E-state index contributed by atoms with van der Waals surface area (Å²) in [4.78, 5) is 10.3. The van der Waals surface area contributed by atoms with Crippen LogP contribution < -0.4 is 5.32 Å². The van der Waals surface area contributed by atoms with Gasteiger partial charge in [0.05, 0.1) is 4.88 Å². The molecule has 3 aromatic heterocycles. The highest BCUT2D eigenvalue weighted by molar-refractivity contribution is 7.18. The maximum Gasteiger partial charge on any atom is 0.183 e. The minimum Gasteiger partial charge on any atom is -0.359 e. The number of thiazole rings is 1. The van der Waals surface area contributed by atoms with Gasteiger partial charge in [-0.3, -0.25) is 0 Å². The second-order valence-electron chi connectivity index (χ2n) is 6.80. The van der Waals surface area contributed by atoms with E-state index in [1.807, 2.05) is 18.6 Å². The lowest BCUT2D eigenvalue weighted by Crippen LogP contribution is -2.16. The first-order chi connectivity index (χ1) is 13.2. The van der Waals surface area contributed by atoms with Crippen LogP contribution in [0.15, 0.2) is 55.1 Å². The largest absolute Gasteiger partial charge is 0.359 e. The van der Waals surface area contributed by atoms with Gasteiger partial charge in [0.25, 0.3) is 0 Å². The van der Waals surface area contributed by atoms with Gasteiger partial charge in [-0.2, -0.15) is 0 Å². The summed E-state index contributed by atoms with van der Waals surface area (Å²) < 4.78 is 2.10. The van der Waals surface area contributed by atoms with Gasteiger partial charge in [0.15, 0.2) is 5.13 Å². The molecule has 4 aromatic rings. The van der Waals surface area contributed by atoms with Crippen molar-refractivity contribution >= 4 is 22.1 Å². The molecule has 138 valence electrons. The smallest absolute Gasteiger partial charge is 0.183 e. The van der Waals surface area contributed by atoms with Gasteiger partial charge in [-0.25, -0.2) is 9.97 Å². The second-order valence-corrected chi connectivity index (χ2v) is 7.83. The van der Waals surface area contributed by atoms with Crippen LogP contribution in [0.5, 0.6) is 0 Å². The molecule has 0 saturated carbocycles. The van der Waals surface area contributed by atoms with Crippen molar-refractivity contribution in [1.29, 1.82) is 0 Å². The number of hydrogen-bond acceptors (Lipinski definition) is 4. The van der Waals surface area contributed by atoms with Crippen molar-refractivity contribution in [3.63, 3.8) is 0 Å². The third-order valence-corrected chi connectivity index (χ3v) is 6.00. The Morgan fingerprint density at radius 2 is 1.93 bits per heavy atom. The van der Waals surface area contributed by atoms with Gasteiger partial charge in [0.1, 0.15) is 5.65 Å². The van der Waals surface area contributed by atoms with Crippen LogP contribution in [0.3, 0.4) is 0 Å². The summed E-state index contributed by atoms with van der Waals surface area (Å²) in [5.41, 5.74) is 5.76. The average Bonchev–Trinajstić information content (AvgIpc) is 3.35. The number of nitrogens with zero attached hydrogens (tertiary/aromatic N) is 3. The van der Waals surface area contributed by atoms with Crippen molar-refractivity contribution in [3.8, 4) is 21.6 Å². The molecule has 4 rings (SSSR count). The SMILES string of the molecule is CCC(CC)Nc1ncc(-c2cc(-c3ccccc3C)c3nccn3c2)s1.